The van der Waals surface area contributed by atoms with E-state index < -0.39 is 11.7 Å². The molecule has 1 aromatic carbocycles. The SMILES string of the molecule is Cc1nc(NC(=O)COc2cccc(F)c2)n[nH]1. The van der Waals surface area contributed by atoms with Crippen molar-refractivity contribution < 1.29 is 13.9 Å². The van der Waals surface area contributed by atoms with E-state index in [0.29, 0.717) is 5.82 Å². The second-order valence-corrected chi connectivity index (χ2v) is 3.54. The van der Waals surface area contributed by atoms with Gasteiger partial charge in [-0.05, 0) is 19.1 Å². The Morgan fingerprint density at radius 1 is 1.56 bits per heavy atom. The molecule has 7 heteroatoms. The van der Waals surface area contributed by atoms with Crippen LogP contribution in [0.2, 0.25) is 0 Å². The molecule has 0 saturated carbocycles. The number of carbonyl (C=O) groups excluding carboxylic acids is 1. The lowest BCUT2D eigenvalue weighted by atomic mass is 10.3. The van der Waals surface area contributed by atoms with Crippen LogP contribution in [0.15, 0.2) is 24.3 Å². The van der Waals surface area contributed by atoms with Crippen molar-refractivity contribution in [3.63, 3.8) is 0 Å². The van der Waals surface area contributed by atoms with E-state index in [1.54, 1.807) is 13.0 Å². The summed E-state index contributed by atoms with van der Waals surface area (Å²) >= 11 is 0. The summed E-state index contributed by atoms with van der Waals surface area (Å²) in [5.41, 5.74) is 0. The summed E-state index contributed by atoms with van der Waals surface area (Å²) < 4.78 is 17.9. The van der Waals surface area contributed by atoms with Crippen LogP contribution >= 0.6 is 0 Å². The van der Waals surface area contributed by atoms with Gasteiger partial charge in [-0.1, -0.05) is 6.07 Å². The average Bonchev–Trinajstić information content (AvgIpc) is 2.72. The molecule has 0 aliphatic carbocycles. The second kappa shape index (κ2) is 5.26. The fourth-order valence-corrected chi connectivity index (χ4v) is 1.27. The molecule has 6 nitrogen and oxygen atoms in total. The summed E-state index contributed by atoms with van der Waals surface area (Å²) in [5, 5.41) is 8.77. The third-order valence-electron chi connectivity index (χ3n) is 2.01. The number of halogens is 1. The van der Waals surface area contributed by atoms with Crippen molar-refractivity contribution in [1.29, 1.82) is 0 Å². The normalized spacial score (nSPS) is 10.1. The average molecular weight is 250 g/mol. The number of carbonyl (C=O) groups is 1. The molecule has 1 aromatic heterocycles. The molecule has 2 N–H and O–H groups in total. The van der Waals surface area contributed by atoms with Gasteiger partial charge in [0.1, 0.15) is 17.4 Å². The Balaban J connectivity index is 1.85. The quantitative estimate of drug-likeness (QED) is 0.856. The maximum atomic E-state index is 12.8. The number of anilines is 1. The van der Waals surface area contributed by atoms with E-state index >= 15 is 0 Å². The number of ether oxygens (including phenoxy) is 1. The summed E-state index contributed by atoms with van der Waals surface area (Å²) in [7, 11) is 0. The minimum atomic E-state index is -0.419. The van der Waals surface area contributed by atoms with E-state index in [9.17, 15) is 9.18 Å². The van der Waals surface area contributed by atoms with Gasteiger partial charge in [0.25, 0.3) is 5.91 Å². The lowest BCUT2D eigenvalue weighted by Crippen LogP contribution is -2.20. The zero-order valence-corrected chi connectivity index (χ0v) is 9.61. The van der Waals surface area contributed by atoms with Crippen molar-refractivity contribution in [1.82, 2.24) is 15.2 Å². The molecule has 1 amide bonds. The number of aromatic nitrogens is 3. The number of nitrogens with one attached hydrogen (secondary N) is 2. The predicted octanol–water partition coefficient (Wildman–Crippen LogP) is 1.27. The molecule has 94 valence electrons. The number of hydrogen-bond donors (Lipinski definition) is 2. The number of aromatic amines is 1. The van der Waals surface area contributed by atoms with Gasteiger partial charge in [-0.2, -0.15) is 4.98 Å². The van der Waals surface area contributed by atoms with E-state index in [4.69, 9.17) is 4.74 Å². The number of aryl methyl sites for hydroxylation is 1. The van der Waals surface area contributed by atoms with Crippen molar-refractivity contribution in [2.45, 2.75) is 6.92 Å². The number of H-pyrrole nitrogens is 1. The molecular formula is C11H11FN4O2. The Kier molecular flexibility index (Phi) is 3.52. The number of nitrogens with zero attached hydrogens (tertiary/aromatic N) is 2. The lowest BCUT2D eigenvalue weighted by Gasteiger charge is -2.05. The van der Waals surface area contributed by atoms with Gasteiger partial charge < -0.3 is 4.74 Å². The Labute approximate surface area is 102 Å². The fraction of sp³-hybridized carbons (Fsp3) is 0.182. The topological polar surface area (TPSA) is 79.9 Å². The molecular weight excluding hydrogens is 239 g/mol. The zero-order chi connectivity index (χ0) is 13.0. The molecule has 0 aliphatic rings. The Morgan fingerprint density at radius 3 is 3.06 bits per heavy atom. The highest BCUT2D eigenvalue weighted by Gasteiger charge is 2.07. The van der Waals surface area contributed by atoms with Crippen molar-refractivity contribution in [3.8, 4) is 5.75 Å². The van der Waals surface area contributed by atoms with E-state index in [-0.39, 0.29) is 18.3 Å². The Bertz CT molecular complexity index is 555. The number of rotatable bonds is 4. The van der Waals surface area contributed by atoms with Crippen LogP contribution in [-0.4, -0.2) is 27.7 Å². The van der Waals surface area contributed by atoms with Crippen LogP contribution in [0.3, 0.4) is 0 Å². The summed E-state index contributed by atoms with van der Waals surface area (Å²) in [6.45, 7) is 1.48. The molecule has 0 unspecified atom stereocenters. The van der Waals surface area contributed by atoms with Crippen LogP contribution in [0.1, 0.15) is 5.82 Å². The predicted molar refractivity (Wildman–Crippen MR) is 61.6 cm³/mol. The fourth-order valence-electron chi connectivity index (χ4n) is 1.27. The van der Waals surface area contributed by atoms with Crippen LogP contribution in [0.25, 0.3) is 0 Å². The van der Waals surface area contributed by atoms with Gasteiger partial charge in [-0.3, -0.25) is 15.2 Å². The molecule has 0 atom stereocenters. The molecule has 0 aliphatic heterocycles. The number of benzene rings is 1. The molecule has 2 rings (SSSR count). The first kappa shape index (κ1) is 12.0. The first-order valence-corrected chi connectivity index (χ1v) is 5.21. The largest absolute Gasteiger partial charge is 0.484 e. The molecule has 0 bridgehead atoms. The van der Waals surface area contributed by atoms with Gasteiger partial charge in [-0.25, -0.2) is 4.39 Å². The highest BCUT2D eigenvalue weighted by molar-refractivity contribution is 5.90. The molecule has 0 radical (unpaired) electrons. The van der Waals surface area contributed by atoms with Gasteiger partial charge in [-0.15, -0.1) is 5.10 Å². The van der Waals surface area contributed by atoms with E-state index in [0.717, 1.165) is 0 Å². The Hall–Kier alpha value is -2.44. The van der Waals surface area contributed by atoms with Gasteiger partial charge in [0.15, 0.2) is 6.61 Å². The van der Waals surface area contributed by atoms with Crippen LogP contribution < -0.4 is 10.1 Å². The van der Waals surface area contributed by atoms with Gasteiger partial charge >= 0.3 is 0 Å². The highest BCUT2D eigenvalue weighted by Crippen LogP contribution is 2.11. The molecule has 1 heterocycles. The minimum absolute atomic E-state index is 0.181. The highest BCUT2D eigenvalue weighted by atomic mass is 19.1. The van der Waals surface area contributed by atoms with Crippen LogP contribution in [0.5, 0.6) is 5.75 Å². The van der Waals surface area contributed by atoms with E-state index in [1.165, 1.54) is 18.2 Å². The summed E-state index contributed by atoms with van der Waals surface area (Å²) in [5.74, 6) is 0.226. The van der Waals surface area contributed by atoms with Crippen molar-refractivity contribution >= 4 is 11.9 Å². The molecule has 2 aromatic rings. The molecule has 0 saturated heterocycles. The first-order valence-electron chi connectivity index (χ1n) is 5.21. The van der Waals surface area contributed by atoms with Crippen molar-refractivity contribution in [2.75, 3.05) is 11.9 Å². The van der Waals surface area contributed by atoms with Crippen LogP contribution in [-0.2, 0) is 4.79 Å². The minimum Gasteiger partial charge on any atom is -0.484 e. The zero-order valence-electron chi connectivity index (χ0n) is 9.61. The second-order valence-electron chi connectivity index (χ2n) is 3.54. The van der Waals surface area contributed by atoms with E-state index in [1.807, 2.05) is 0 Å². The first-order chi connectivity index (χ1) is 8.63. The maximum Gasteiger partial charge on any atom is 0.264 e. The van der Waals surface area contributed by atoms with Crippen molar-refractivity contribution in [2.24, 2.45) is 0 Å². The summed E-state index contributed by atoms with van der Waals surface area (Å²) in [6.07, 6.45) is 0. The van der Waals surface area contributed by atoms with Gasteiger partial charge in [0, 0.05) is 6.07 Å². The maximum absolute atomic E-state index is 12.8. The van der Waals surface area contributed by atoms with Crippen LogP contribution in [0, 0.1) is 12.7 Å². The molecule has 0 fully saturated rings. The monoisotopic (exact) mass is 250 g/mol. The standard InChI is InChI=1S/C11H11FN4O2/c1-7-13-11(16-15-7)14-10(17)6-18-9-4-2-3-8(12)5-9/h2-5H,6H2,1H3,(H2,13,14,15,16,17). The third kappa shape index (κ3) is 3.27. The Morgan fingerprint density at radius 2 is 2.39 bits per heavy atom. The van der Waals surface area contributed by atoms with E-state index in [2.05, 4.69) is 20.5 Å². The number of hydrogen-bond acceptors (Lipinski definition) is 4. The molecule has 0 spiro atoms. The van der Waals surface area contributed by atoms with Crippen molar-refractivity contribution in [3.05, 3.63) is 35.9 Å². The summed E-state index contributed by atoms with van der Waals surface area (Å²) in [6, 6.07) is 5.56. The van der Waals surface area contributed by atoms with Gasteiger partial charge in [0.2, 0.25) is 5.95 Å². The van der Waals surface area contributed by atoms with Gasteiger partial charge in [0.05, 0.1) is 0 Å². The number of amides is 1. The lowest BCUT2D eigenvalue weighted by molar-refractivity contribution is -0.118. The third-order valence-corrected chi connectivity index (χ3v) is 2.01. The smallest absolute Gasteiger partial charge is 0.264 e. The van der Waals surface area contributed by atoms with Crippen LogP contribution in [0.4, 0.5) is 10.3 Å². The summed E-state index contributed by atoms with van der Waals surface area (Å²) in [4.78, 5) is 15.4. The molecule has 18 heavy (non-hydrogen) atoms.